The maximum atomic E-state index is 11.7. The zero-order valence-electron chi connectivity index (χ0n) is 10.5. The third kappa shape index (κ3) is 2.26. The molecule has 1 aromatic rings. The summed E-state index contributed by atoms with van der Waals surface area (Å²) in [5.41, 5.74) is -0.372. The van der Waals surface area contributed by atoms with Crippen LogP contribution in [0.4, 0.5) is 0 Å². The number of aryl methyl sites for hydroxylation is 1. The summed E-state index contributed by atoms with van der Waals surface area (Å²) in [6.07, 6.45) is 2.43. The van der Waals surface area contributed by atoms with Crippen LogP contribution in [0.25, 0.3) is 0 Å². The van der Waals surface area contributed by atoms with Gasteiger partial charge in [0.05, 0.1) is 12.7 Å². The minimum atomic E-state index is -0.468. The molecule has 0 aliphatic carbocycles. The van der Waals surface area contributed by atoms with E-state index in [0.717, 1.165) is 6.42 Å². The van der Waals surface area contributed by atoms with Crippen molar-refractivity contribution in [3.05, 3.63) is 32.6 Å². The van der Waals surface area contributed by atoms with Crippen LogP contribution >= 0.6 is 0 Å². The van der Waals surface area contributed by atoms with Crippen molar-refractivity contribution in [2.45, 2.75) is 39.0 Å². The predicted molar refractivity (Wildman–Crippen MR) is 65.5 cm³/mol. The first-order chi connectivity index (χ1) is 8.56. The average Bonchev–Trinajstić information content (AvgIpc) is 2.76. The Morgan fingerprint density at radius 3 is 2.83 bits per heavy atom. The number of aromatic amines is 1. The van der Waals surface area contributed by atoms with Crippen LogP contribution < -0.4 is 11.2 Å². The largest absolute Gasteiger partial charge is 0.394 e. The van der Waals surface area contributed by atoms with E-state index in [0.29, 0.717) is 12.0 Å². The Labute approximate surface area is 104 Å². The molecule has 0 spiro atoms. The molecule has 0 bridgehead atoms. The van der Waals surface area contributed by atoms with Gasteiger partial charge in [0.1, 0.15) is 6.23 Å². The molecule has 1 aromatic heterocycles. The second-order valence-electron chi connectivity index (χ2n) is 4.69. The highest BCUT2D eigenvalue weighted by molar-refractivity contribution is 5.01. The molecule has 0 aromatic carbocycles. The number of aliphatic hydroxyl groups is 1. The Bertz CT molecular complexity index is 522. The summed E-state index contributed by atoms with van der Waals surface area (Å²) in [5.74, 6) is 0.235. The average molecular weight is 254 g/mol. The number of rotatable bonds is 3. The molecular weight excluding hydrogens is 236 g/mol. The number of aromatic nitrogens is 2. The Morgan fingerprint density at radius 2 is 2.28 bits per heavy atom. The molecule has 100 valence electrons. The first-order valence-corrected chi connectivity index (χ1v) is 6.15. The minimum Gasteiger partial charge on any atom is -0.394 e. The van der Waals surface area contributed by atoms with E-state index in [2.05, 4.69) is 4.98 Å². The standard InChI is InChI=1S/C12H18N2O4/c1-3-8-4-10(18-9(8)6-15)14-5-7(2)11(16)13-12(14)17/h5,8-10,15H,3-4,6H2,1-2H3,(H,13,16,17)/t8-,9+,10-/m0/s1. The van der Waals surface area contributed by atoms with Gasteiger partial charge in [-0.05, 0) is 19.3 Å². The van der Waals surface area contributed by atoms with E-state index in [1.807, 2.05) is 6.92 Å². The molecule has 1 aliphatic rings. The summed E-state index contributed by atoms with van der Waals surface area (Å²) in [4.78, 5) is 25.3. The minimum absolute atomic E-state index is 0.0495. The number of aliphatic hydroxyl groups excluding tert-OH is 1. The Balaban J connectivity index is 2.31. The zero-order valence-corrected chi connectivity index (χ0v) is 10.5. The van der Waals surface area contributed by atoms with Crippen LogP contribution in [-0.2, 0) is 4.74 Å². The van der Waals surface area contributed by atoms with Crippen molar-refractivity contribution in [2.24, 2.45) is 5.92 Å². The van der Waals surface area contributed by atoms with Crippen molar-refractivity contribution < 1.29 is 9.84 Å². The lowest BCUT2D eigenvalue weighted by Crippen LogP contribution is -2.33. The Hall–Kier alpha value is -1.40. The highest BCUT2D eigenvalue weighted by Crippen LogP contribution is 2.34. The lowest BCUT2D eigenvalue weighted by atomic mass is 9.98. The monoisotopic (exact) mass is 254 g/mol. The van der Waals surface area contributed by atoms with Crippen molar-refractivity contribution in [1.82, 2.24) is 9.55 Å². The molecule has 18 heavy (non-hydrogen) atoms. The summed E-state index contributed by atoms with van der Waals surface area (Å²) in [7, 11) is 0. The van der Waals surface area contributed by atoms with Crippen LogP contribution in [0.3, 0.4) is 0 Å². The molecule has 2 heterocycles. The number of H-pyrrole nitrogens is 1. The Kier molecular flexibility index (Phi) is 3.68. The summed E-state index contributed by atoms with van der Waals surface area (Å²) in [5, 5.41) is 9.23. The molecule has 0 saturated carbocycles. The molecule has 1 fully saturated rings. The van der Waals surface area contributed by atoms with Gasteiger partial charge >= 0.3 is 5.69 Å². The molecule has 0 amide bonds. The lowest BCUT2D eigenvalue weighted by Gasteiger charge is -2.15. The first-order valence-electron chi connectivity index (χ1n) is 6.15. The molecule has 6 heteroatoms. The SMILES string of the molecule is CC[C@H]1C[C@@H](n2cc(C)c(=O)[nH]c2=O)O[C@@H]1CO. The highest BCUT2D eigenvalue weighted by atomic mass is 16.5. The van der Waals surface area contributed by atoms with Gasteiger partial charge < -0.3 is 9.84 Å². The van der Waals surface area contributed by atoms with Crippen LogP contribution in [0.1, 0.15) is 31.6 Å². The number of hydrogen-bond donors (Lipinski definition) is 2. The van der Waals surface area contributed by atoms with Crippen molar-refractivity contribution >= 4 is 0 Å². The molecular formula is C12H18N2O4. The van der Waals surface area contributed by atoms with Crippen LogP contribution in [-0.4, -0.2) is 27.4 Å². The Morgan fingerprint density at radius 1 is 1.56 bits per heavy atom. The highest BCUT2D eigenvalue weighted by Gasteiger charge is 2.35. The summed E-state index contributed by atoms with van der Waals surface area (Å²) >= 11 is 0. The van der Waals surface area contributed by atoms with Gasteiger partial charge in [0, 0.05) is 11.8 Å². The van der Waals surface area contributed by atoms with E-state index >= 15 is 0 Å². The summed E-state index contributed by atoms with van der Waals surface area (Å²) < 4.78 is 7.06. The number of ether oxygens (including phenoxy) is 1. The van der Waals surface area contributed by atoms with Crippen LogP contribution in [0, 0.1) is 12.8 Å². The first kappa shape index (κ1) is 13.0. The second-order valence-corrected chi connectivity index (χ2v) is 4.69. The third-order valence-electron chi connectivity index (χ3n) is 3.52. The molecule has 6 nitrogen and oxygen atoms in total. The maximum Gasteiger partial charge on any atom is 0.330 e. The van der Waals surface area contributed by atoms with Gasteiger partial charge in [-0.1, -0.05) is 13.3 Å². The molecule has 1 aliphatic heterocycles. The normalized spacial score (nSPS) is 27.6. The molecule has 3 atom stereocenters. The van der Waals surface area contributed by atoms with Gasteiger partial charge in [0.15, 0.2) is 0 Å². The van der Waals surface area contributed by atoms with Gasteiger partial charge in [-0.3, -0.25) is 14.3 Å². The predicted octanol–water partition coefficient (Wildman–Crippen LogP) is 0.151. The summed E-state index contributed by atoms with van der Waals surface area (Å²) in [6, 6.07) is 0. The topological polar surface area (TPSA) is 84.3 Å². The van der Waals surface area contributed by atoms with Gasteiger partial charge in [0.2, 0.25) is 0 Å². The van der Waals surface area contributed by atoms with Crippen LogP contribution in [0.15, 0.2) is 15.8 Å². The third-order valence-corrected chi connectivity index (χ3v) is 3.52. The van der Waals surface area contributed by atoms with Gasteiger partial charge in [-0.25, -0.2) is 4.79 Å². The van der Waals surface area contributed by atoms with E-state index in [1.54, 1.807) is 6.92 Å². The maximum absolute atomic E-state index is 11.7. The quantitative estimate of drug-likeness (QED) is 0.804. The van der Waals surface area contributed by atoms with E-state index in [9.17, 15) is 14.7 Å². The lowest BCUT2D eigenvalue weighted by molar-refractivity contribution is -0.0329. The van der Waals surface area contributed by atoms with Crippen molar-refractivity contribution in [3.8, 4) is 0 Å². The van der Waals surface area contributed by atoms with Gasteiger partial charge in [-0.15, -0.1) is 0 Å². The fourth-order valence-electron chi connectivity index (χ4n) is 2.38. The smallest absolute Gasteiger partial charge is 0.330 e. The second kappa shape index (κ2) is 5.07. The van der Waals surface area contributed by atoms with Gasteiger partial charge in [0.25, 0.3) is 5.56 Å². The van der Waals surface area contributed by atoms with E-state index in [1.165, 1.54) is 10.8 Å². The molecule has 2 N–H and O–H groups in total. The molecule has 1 saturated heterocycles. The van der Waals surface area contributed by atoms with E-state index < -0.39 is 11.9 Å². The summed E-state index contributed by atoms with van der Waals surface area (Å²) in [6.45, 7) is 3.62. The van der Waals surface area contributed by atoms with Crippen molar-refractivity contribution in [3.63, 3.8) is 0 Å². The fourth-order valence-corrected chi connectivity index (χ4v) is 2.38. The number of nitrogens with zero attached hydrogens (tertiary/aromatic N) is 1. The van der Waals surface area contributed by atoms with E-state index in [-0.39, 0.29) is 24.2 Å². The van der Waals surface area contributed by atoms with Crippen molar-refractivity contribution in [2.75, 3.05) is 6.61 Å². The fraction of sp³-hybridized carbons (Fsp3) is 0.667. The number of nitrogens with one attached hydrogen (secondary N) is 1. The van der Waals surface area contributed by atoms with Gasteiger partial charge in [-0.2, -0.15) is 0 Å². The number of hydrogen-bond acceptors (Lipinski definition) is 4. The van der Waals surface area contributed by atoms with Crippen LogP contribution in [0.2, 0.25) is 0 Å². The zero-order chi connectivity index (χ0) is 13.3. The molecule has 0 radical (unpaired) electrons. The van der Waals surface area contributed by atoms with Crippen molar-refractivity contribution in [1.29, 1.82) is 0 Å². The van der Waals surface area contributed by atoms with E-state index in [4.69, 9.17) is 4.74 Å². The molecule has 0 unspecified atom stereocenters. The van der Waals surface area contributed by atoms with Crippen LogP contribution in [0.5, 0.6) is 0 Å². The molecule has 2 rings (SSSR count).